The van der Waals surface area contributed by atoms with Crippen LogP contribution in [0.15, 0.2) is 16.8 Å². The highest BCUT2D eigenvalue weighted by atomic mass is 32.2. The van der Waals surface area contributed by atoms with Crippen LogP contribution in [0.3, 0.4) is 0 Å². The SMILES string of the molecule is CNC(CSC1CCCC1)Cc1ccsc1. The fourth-order valence-corrected chi connectivity index (χ4v) is 4.38. The average molecular weight is 255 g/mol. The van der Waals surface area contributed by atoms with E-state index in [1.807, 2.05) is 0 Å². The Morgan fingerprint density at radius 3 is 2.94 bits per heavy atom. The summed E-state index contributed by atoms with van der Waals surface area (Å²) in [5.74, 6) is 1.26. The number of nitrogens with one attached hydrogen (secondary N) is 1. The van der Waals surface area contributed by atoms with Gasteiger partial charge in [0.05, 0.1) is 0 Å². The first-order chi connectivity index (χ1) is 7.88. The Kier molecular flexibility index (Phi) is 5.20. The molecule has 1 unspecified atom stereocenters. The molecule has 1 aromatic rings. The molecule has 1 aromatic heterocycles. The van der Waals surface area contributed by atoms with Crippen molar-refractivity contribution in [1.82, 2.24) is 5.32 Å². The van der Waals surface area contributed by atoms with Crippen molar-refractivity contribution < 1.29 is 0 Å². The van der Waals surface area contributed by atoms with Crippen LogP contribution in [0, 0.1) is 0 Å². The number of thioether (sulfide) groups is 1. The maximum atomic E-state index is 3.45. The van der Waals surface area contributed by atoms with Crippen molar-refractivity contribution in [2.45, 2.75) is 43.4 Å². The fourth-order valence-electron chi connectivity index (χ4n) is 2.24. The fraction of sp³-hybridized carbons (Fsp3) is 0.692. The van der Waals surface area contributed by atoms with Crippen molar-refractivity contribution >= 4 is 23.1 Å². The first kappa shape index (κ1) is 12.5. The third kappa shape index (κ3) is 3.79. The molecule has 0 radical (unpaired) electrons. The minimum Gasteiger partial charge on any atom is -0.316 e. The molecule has 1 heterocycles. The van der Waals surface area contributed by atoms with Crippen molar-refractivity contribution in [3.8, 4) is 0 Å². The van der Waals surface area contributed by atoms with Crippen molar-refractivity contribution in [2.24, 2.45) is 0 Å². The number of likely N-dealkylation sites (N-methyl/N-ethyl adjacent to an activating group) is 1. The van der Waals surface area contributed by atoms with Crippen LogP contribution < -0.4 is 5.32 Å². The lowest BCUT2D eigenvalue weighted by Gasteiger charge is -2.17. The summed E-state index contributed by atoms with van der Waals surface area (Å²) in [5.41, 5.74) is 1.48. The molecule has 1 fully saturated rings. The molecular formula is C13H21NS2. The first-order valence-corrected chi connectivity index (χ1v) is 8.17. The second-order valence-electron chi connectivity index (χ2n) is 4.56. The molecule has 3 heteroatoms. The Labute approximate surface area is 107 Å². The summed E-state index contributed by atoms with van der Waals surface area (Å²) in [4.78, 5) is 0. The van der Waals surface area contributed by atoms with Crippen molar-refractivity contribution in [1.29, 1.82) is 0 Å². The lowest BCUT2D eigenvalue weighted by atomic mass is 10.1. The van der Waals surface area contributed by atoms with Gasteiger partial charge in [-0.15, -0.1) is 0 Å². The maximum absolute atomic E-state index is 3.45. The molecule has 90 valence electrons. The number of thiophene rings is 1. The van der Waals surface area contributed by atoms with E-state index in [4.69, 9.17) is 0 Å². The Morgan fingerprint density at radius 1 is 1.50 bits per heavy atom. The number of hydrogen-bond donors (Lipinski definition) is 1. The van der Waals surface area contributed by atoms with Gasteiger partial charge in [0.1, 0.15) is 0 Å². The predicted molar refractivity (Wildman–Crippen MR) is 75.6 cm³/mol. The van der Waals surface area contributed by atoms with Crippen LogP contribution >= 0.6 is 23.1 Å². The van der Waals surface area contributed by atoms with E-state index < -0.39 is 0 Å². The zero-order valence-electron chi connectivity index (χ0n) is 9.95. The van der Waals surface area contributed by atoms with E-state index in [2.05, 4.69) is 41.0 Å². The monoisotopic (exact) mass is 255 g/mol. The highest BCUT2D eigenvalue weighted by molar-refractivity contribution is 7.99. The molecule has 1 saturated carbocycles. The summed E-state index contributed by atoms with van der Waals surface area (Å²) in [6.45, 7) is 0. The zero-order valence-corrected chi connectivity index (χ0v) is 11.6. The van der Waals surface area contributed by atoms with Gasteiger partial charge in [-0.25, -0.2) is 0 Å². The number of rotatable bonds is 6. The third-order valence-corrected chi connectivity index (χ3v) is 5.58. The average Bonchev–Trinajstić information content (AvgIpc) is 2.97. The largest absolute Gasteiger partial charge is 0.316 e. The van der Waals surface area contributed by atoms with Crippen molar-refractivity contribution in [2.75, 3.05) is 12.8 Å². The highest BCUT2D eigenvalue weighted by Crippen LogP contribution is 2.30. The Balaban J connectivity index is 1.72. The van der Waals surface area contributed by atoms with Crippen LogP contribution in [0.4, 0.5) is 0 Å². The Morgan fingerprint density at radius 2 is 2.31 bits per heavy atom. The molecule has 1 atom stereocenters. The standard InChI is InChI=1S/C13H21NS2/c1-14-12(8-11-6-7-15-9-11)10-16-13-4-2-3-5-13/h6-7,9,12-14H,2-5,8,10H2,1H3. The smallest absolute Gasteiger partial charge is 0.0195 e. The molecule has 0 aliphatic heterocycles. The molecule has 0 aromatic carbocycles. The molecule has 1 aliphatic rings. The van der Waals surface area contributed by atoms with E-state index in [0.717, 1.165) is 5.25 Å². The second kappa shape index (κ2) is 6.67. The van der Waals surface area contributed by atoms with Crippen LogP contribution in [0.2, 0.25) is 0 Å². The molecule has 0 amide bonds. The molecule has 1 nitrogen and oxygen atoms in total. The first-order valence-electron chi connectivity index (χ1n) is 6.18. The van der Waals surface area contributed by atoms with Gasteiger partial charge in [-0.1, -0.05) is 12.8 Å². The van der Waals surface area contributed by atoms with Crippen LogP contribution in [-0.2, 0) is 6.42 Å². The van der Waals surface area contributed by atoms with Gasteiger partial charge >= 0.3 is 0 Å². The highest BCUT2D eigenvalue weighted by Gasteiger charge is 2.17. The van der Waals surface area contributed by atoms with Gasteiger partial charge in [0.25, 0.3) is 0 Å². The van der Waals surface area contributed by atoms with E-state index in [1.165, 1.54) is 43.4 Å². The van der Waals surface area contributed by atoms with Crippen LogP contribution in [0.1, 0.15) is 31.2 Å². The molecular weight excluding hydrogens is 234 g/mol. The quantitative estimate of drug-likeness (QED) is 0.834. The molecule has 0 bridgehead atoms. The van der Waals surface area contributed by atoms with Gasteiger partial charge in [0, 0.05) is 17.0 Å². The van der Waals surface area contributed by atoms with Crippen LogP contribution in [-0.4, -0.2) is 24.1 Å². The molecule has 1 N–H and O–H groups in total. The normalized spacial score (nSPS) is 19.1. The van der Waals surface area contributed by atoms with E-state index in [1.54, 1.807) is 11.3 Å². The maximum Gasteiger partial charge on any atom is 0.0195 e. The zero-order chi connectivity index (χ0) is 11.2. The van der Waals surface area contributed by atoms with Gasteiger partial charge in [-0.05, 0) is 48.7 Å². The predicted octanol–water partition coefficient (Wildman–Crippen LogP) is 3.55. The lowest BCUT2D eigenvalue weighted by Crippen LogP contribution is -2.30. The summed E-state index contributed by atoms with van der Waals surface area (Å²) in [6.07, 6.45) is 6.97. The van der Waals surface area contributed by atoms with Gasteiger partial charge < -0.3 is 5.32 Å². The Bertz CT molecular complexity index is 278. The summed E-state index contributed by atoms with van der Waals surface area (Å²) < 4.78 is 0. The minimum absolute atomic E-state index is 0.639. The van der Waals surface area contributed by atoms with Gasteiger partial charge in [-0.3, -0.25) is 0 Å². The summed E-state index contributed by atoms with van der Waals surface area (Å²) >= 11 is 3.98. The van der Waals surface area contributed by atoms with Crippen LogP contribution in [0.5, 0.6) is 0 Å². The van der Waals surface area contributed by atoms with Crippen molar-refractivity contribution in [3.05, 3.63) is 22.4 Å². The van der Waals surface area contributed by atoms with E-state index in [0.29, 0.717) is 6.04 Å². The lowest BCUT2D eigenvalue weighted by molar-refractivity contribution is 0.616. The van der Waals surface area contributed by atoms with Gasteiger partial charge in [0.15, 0.2) is 0 Å². The minimum atomic E-state index is 0.639. The summed E-state index contributed by atoms with van der Waals surface area (Å²) in [7, 11) is 2.09. The molecule has 2 rings (SSSR count). The van der Waals surface area contributed by atoms with Gasteiger partial charge in [0.2, 0.25) is 0 Å². The summed E-state index contributed by atoms with van der Waals surface area (Å²) in [6, 6.07) is 2.88. The molecule has 1 aliphatic carbocycles. The number of hydrogen-bond acceptors (Lipinski definition) is 3. The Hall–Kier alpha value is 0.01000. The molecule has 0 saturated heterocycles. The van der Waals surface area contributed by atoms with Crippen LogP contribution in [0.25, 0.3) is 0 Å². The van der Waals surface area contributed by atoms with E-state index >= 15 is 0 Å². The summed E-state index contributed by atoms with van der Waals surface area (Å²) in [5, 5.41) is 8.83. The molecule has 16 heavy (non-hydrogen) atoms. The molecule has 0 spiro atoms. The topological polar surface area (TPSA) is 12.0 Å². The van der Waals surface area contributed by atoms with Gasteiger partial charge in [-0.2, -0.15) is 23.1 Å². The third-order valence-electron chi connectivity index (χ3n) is 3.31. The van der Waals surface area contributed by atoms with Crippen molar-refractivity contribution in [3.63, 3.8) is 0 Å². The second-order valence-corrected chi connectivity index (χ2v) is 6.67. The van der Waals surface area contributed by atoms with E-state index in [-0.39, 0.29) is 0 Å². The van der Waals surface area contributed by atoms with E-state index in [9.17, 15) is 0 Å².